The van der Waals surface area contributed by atoms with Gasteiger partial charge in [-0.05, 0) is 31.2 Å². The average Bonchev–Trinajstić information content (AvgIpc) is 3.25. The Morgan fingerprint density at radius 2 is 2.04 bits per heavy atom. The number of hydrogen-bond donors (Lipinski definition) is 2. The average molecular weight is 462 g/mol. The van der Waals surface area contributed by atoms with Crippen molar-refractivity contribution in [2.45, 2.75) is 6.92 Å². The number of thiophene rings is 1. The van der Waals surface area contributed by atoms with Gasteiger partial charge in [-0.3, -0.25) is 9.59 Å². The van der Waals surface area contributed by atoms with Crippen LogP contribution >= 0.6 is 27.3 Å². The maximum atomic E-state index is 14.4. The first-order valence-corrected chi connectivity index (χ1v) is 9.72. The number of benzene rings is 2. The maximum absolute atomic E-state index is 14.4. The van der Waals surface area contributed by atoms with E-state index in [0.29, 0.717) is 41.9 Å². The number of Topliss-reactive ketones (excluding diaryl/α,β-unsaturated/α-hetero) is 1. The molecule has 0 aliphatic carbocycles. The molecular weight excluding hydrogens is 449 g/mol. The third kappa shape index (κ3) is 2.70. The summed E-state index contributed by atoms with van der Waals surface area (Å²) < 4.78 is 20.7. The third-order valence-corrected chi connectivity index (χ3v) is 6.33. The molecule has 0 saturated heterocycles. The molecule has 4 rings (SSSR count). The number of primary amides is 1. The highest BCUT2D eigenvalue weighted by atomic mass is 79.9. The maximum Gasteiger partial charge on any atom is 0.252 e. The molecule has 2 heterocycles. The van der Waals surface area contributed by atoms with Gasteiger partial charge < -0.3 is 15.5 Å². The first kappa shape index (κ1) is 18.6. The smallest absolute Gasteiger partial charge is 0.252 e. The zero-order valence-electron chi connectivity index (χ0n) is 14.7. The number of halogens is 2. The van der Waals surface area contributed by atoms with Crippen molar-refractivity contribution >= 4 is 60.1 Å². The predicted molar refractivity (Wildman–Crippen MR) is 110 cm³/mol. The van der Waals surface area contributed by atoms with Gasteiger partial charge in [0.15, 0.2) is 11.5 Å². The van der Waals surface area contributed by atoms with Gasteiger partial charge in [-0.15, -0.1) is 11.3 Å². The van der Waals surface area contributed by atoms with Crippen molar-refractivity contribution in [1.82, 2.24) is 9.97 Å². The monoisotopic (exact) mass is 461 g/mol. The fourth-order valence-electron chi connectivity index (χ4n) is 3.18. The Kier molecular flexibility index (Phi) is 4.43. The Morgan fingerprint density at radius 3 is 2.68 bits per heavy atom. The number of carbonyl (C=O) groups excluding carboxylic acids is 2. The summed E-state index contributed by atoms with van der Waals surface area (Å²) in [6, 6.07) is 6.13. The number of ether oxygens (including phenoxy) is 1. The van der Waals surface area contributed by atoms with E-state index in [0.717, 1.165) is 11.3 Å². The number of methoxy groups -OCH3 is 1. The molecular formula is C19H13BrFN3O3S. The number of H-pyrrole nitrogens is 1. The lowest BCUT2D eigenvalue weighted by molar-refractivity contribution is 0.0994. The Balaban J connectivity index is 2.10. The summed E-state index contributed by atoms with van der Waals surface area (Å²) in [5.41, 5.74) is 7.10. The number of carbonyl (C=O) groups is 2. The van der Waals surface area contributed by atoms with E-state index >= 15 is 0 Å². The number of fused-ring (bicyclic) bond motifs is 2. The molecule has 0 spiro atoms. The van der Waals surface area contributed by atoms with Gasteiger partial charge >= 0.3 is 0 Å². The molecule has 2 aromatic carbocycles. The highest BCUT2D eigenvalue weighted by Crippen LogP contribution is 2.43. The predicted octanol–water partition coefficient (Wildman–Crippen LogP) is 4.66. The molecule has 0 radical (unpaired) electrons. The summed E-state index contributed by atoms with van der Waals surface area (Å²) in [4.78, 5) is 32.0. The highest BCUT2D eigenvalue weighted by Gasteiger charge is 2.25. The van der Waals surface area contributed by atoms with E-state index in [1.807, 2.05) is 0 Å². The van der Waals surface area contributed by atoms with E-state index in [9.17, 15) is 14.0 Å². The van der Waals surface area contributed by atoms with Crippen LogP contribution in [-0.4, -0.2) is 28.8 Å². The van der Waals surface area contributed by atoms with Crippen molar-refractivity contribution in [1.29, 1.82) is 0 Å². The lowest BCUT2D eigenvalue weighted by Gasteiger charge is -2.05. The van der Waals surface area contributed by atoms with Gasteiger partial charge in [0.05, 0.1) is 27.8 Å². The van der Waals surface area contributed by atoms with E-state index in [-0.39, 0.29) is 17.1 Å². The molecule has 0 atom stereocenters. The highest BCUT2D eigenvalue weighted by molar-refractivity contribution is 9.10. The molecule has 0 bridgehead atoms. The molecule has 2 aromatic heterocycles. The molecule has 0 fully saturated rings. The van der Waals surface area contributed by atoms with Crippen LogP contribution in [0.4, 0.5) is 4.39 Å². The second-order valence-corrected chi connectivity index (χ2v) is 7.96. The van der Waals surface area contributed by atoms with Crippen LogP contribution < -0.4 is 10.5 Å². The number of imidazole rings is 1. The molecule has 0 saturated carbocycles. The summed E-state index contributed by atoms with van der Waals surface area (Å²) in [5, 5.41) is 0.559. The summed E-state index contributed by atoms with van der Waals surface area (Å²) in [7, 11) is 1.42. The fraction of sp³-hybridized carbons (Fsp3) is 0.105. The van der Waals surface area contributed by atoms with Crippen LogP contribution in [0, 0.1) is 5.82 Å². The van der Waals surface area contributed by atoms with E-state index in [1.54, 1.807) is 18.2 Å². The van der Waals surface area contributed by atoms with Gasteiger partial charge in [-0.2, -0.15) is 0 Å². The number of ketones is 1. The van der Waals surface area contributed by atoms with Gasteiger partial charge in [0.25, 0.3) is 5.91 Å². The van der Waals surface area contributed by atoms with Crippen LogP contribution in [0.5, 0.6) is 5.75 Å². The van der Waals surface area contributed by atoms with Crippen molar-refractivity contribution in [3.05, 3.63) is 45.0 Å². The number of rotatable bonds is 4. The Bertz CT molecular complexity index is 1300. The van der Waals surface area contributed by atoms with Crippen LogP contribution in [-0.2, 0) is 0 Å². The second-order valence-electron chi connectivity index (χ2n) is 6.09. The van der Waals surface area contributed by atoms with Crippen molar-refractivity contribution in [3.8, 4) is 17.1 Å². The van der Waals surface area contributed by atoms with Crippen LogP contribution in [0.3, 0.4) is 0 Å². The normalized spacial score (nSPS) is 11.3. The summed E-state index contributed by atoms with van der Waals surface area (Å²) in [6.07, 6.45) is 0. The van der Waals surface area contributed by atoms with Crippen molar-refractivity contribution < 1.29 is 18.7 Å². The van der Waals surface area contributed by atoms with Gasteiger partial charge in [0.2, 0.25) is 0 Å². The minimum Gasteiger partial charge on any atom is -0.494 e. The molecule has 28 heavy (non-hydrogen) atoms. The lowest BCUT2D eigenvalue weighted by atomic mass is 10.1. The number of nitrogens with one attached hydrogen (secondary N) is 1. The van der Waals surface area contributed by atoms with Crippen LogP contribution in [0.1, 0.15) is 27.0 Å². The Hall–Kier alpha value is -2.78. The number of amides is 1. The number of hydrogen-bond acceptors (Lipinski definition) is 5. The largest absolute Gasteiger partial charge is 0.494 e. The minimum atomic E-state index is -0.640. The quantitative estimate of drug-likeness (QED) is 0.431. The zero-order chi connectivity index (χ0) is 20.2. The molecule has 142 valence electrons. The SMILES string of the molecule is COc1c(C(N)=O)ccc2[nH]c(-c3c(C(C)=O)sc4c(F)ccc(Br)c34)nc12. The standard InChI is InChI=1S/C19H13BrFN3O3S/c1-7(25)16-13(12-9(20)4-5-10(21)17(12)28-16)19-23-11-6-3-8(18(22)26)15(27-2)14(11)24-19/h3-6H,1-2H3,(H2,22,26)(H,23,24). The van der Waals surface area contributed by atoms with Gasteiger partial charge in [-0.25, -0.2) is 9.37 Å². The van der Waals surface area contributed by atoms with E-state index < -0.39 is 11.7 Å². The Labute approximate surface area is 170 Å². The molecule has 9 heteroatoms. The fourth-order valence-corrected chi connectivity index (χ4v) is 4.96. The van der Waals surface area contributed by atoms with Crippen molar-refractivity contribution in [3.63, 3.8) is 0 Å². The first-order valence-electron chi connectivity index (χ1n) is 8.11. The van der Waals surface area contributed by atoms with Gasteiger partial charge in [0, 0.05) is 15.4 Å². The number of aromatic amines is 1. The number of nitrogens with zero attached hydrogens (tertiary/aromatic N) is 1. The second kappa shape index (κ2) is 6.68. The molecule has 0 aliphatic heterocycles. The lowest BCUT2D eigenvalue weighted by Crippen LogP contribution is -2.12. The summed E-state index contributed by atoms with van der Waals surface area (Å²) >= 11 is 4.52. The first-order chi connectivity index (χ1) is 13.3. The van der Waals surface area contributed by atoms with Crippen LogP contribution in [0.15, 0.2) is 28.7 Å². The Morgan fingerprint density at radius 1 is 1.29 bits per heavy atom. The van der Waals surface area contributed by atoms with Crippen molar-refractivity contribution in [2.24, 2.45) is 5.73 Å². The zero-order valence-corrected chi connectivity index (χ0v) is 17.1. The molecule has 0 unspecified atom stereocenters. The summed E-state index contributed by atoms with van der Waals surface area (Å²) in [6.45, 7) is 1.43. The molecule has 6 nitrogen and oxygen atoms in total. The van der Waals surface area contributed by atoms with Gasteiger partial charge in [-0.1, -0.05) is 15.9 Å². The minimum absolute atomic E-state index is 0.197. The molecule has 3 N–H and O–H groups in total. The van der Waals surface area contributed by atoms with Crippen LogP contribution in [0.25, 0.3) is 32.5 Å². The molecule has 1 amide bonds. The van der Waals surface area contributed by atoms with E-state index in [4.69, 9.17) is 10.5 Å². The summed E-state index contributed by atoms with van der Waals surface area (Å²) in [5.74, 6) is -0.646. The van der Waals surface area contributed by atoms with E-state index in [1.165, 1.54) is 20.1 Å². The van der Waals surface area contributed by atoms with Crippen molar-refractivity contribution in [2.75, 3.05) is 7.11 Å². The third-order valence-electron chi connectivity index (χ3n) is 4.37. The molecule has 0 aliphatic rings. The van der Waals surface area contributed by atoms with Crippen LogP contribution in [0.2, 0.25) is 0 Å². The topological polar surface area (TPSA) is 98.1 Å². The number of aromatic nitrogens is 2. The molecule has 4 aromatic rings. The van der Waals surface area contributed by atoms with Gasteiger partial charge in [0.1, 0.15) is 17.2 Å². The number of nitrogens with two attached hydrogens (primary N) is 1. The van der Waals surface area contributed by atoms with E-state index in [2.05, 4.69) is 25.9 Å².